The maximum atomic E-state index is 12.1. The van der Waals surface area contributed by atoms with Crippen molar-refractivity contribution in [2.24, 2.45) is 5.10 Å². The molecule has 0 saturated heterocycles. The zero-order valence-electron chi connectivity index (χ0n) is 14.6. The lowest BCUT2D eigenvalue weighted by Gasteiger charge is -2.07. The van der Waals surface area contributed by atoms with Crippen LogP contribution in [-0.4, -0.2) is 29.8 Å². The van der Waals surface area contributed by atoms with Crippen molar-refractivity contribution in [2.75, 3.05) is 6.61 Å². The number of benzene rings is 2. The molecular formula is C20H20N2O4. The Morgan fingerprint density at radius 2 is 1.73 bits per heavy atom. The summed E-state index contributed by atoms with van der Waals surface area (Å²) in [5.41, 5.74) is 4.08. The molecule has 1 amide bonds. The van der Waals surface area contributed by atoms with E-state index >= 15 is 0 Å². The second-order valence-electron chi connectivity index (χ2n) is 5.41. The van der Waals surface area contributed by atoms with Crippen LogP contribution in [0.1, 0.15) is 28.4 Å². The minimum absolute atomic E-state index is 0.147. The van der Waals surface area contributed by atoms with Crippen molar-refractivity contribution in [3.8, 4) is 0 Å². The van der Waals surface area contributed by atoms with Gasteiger partial charge in [0.1, 0.15) is 11.3 Å². The summed E-state index contributed by atoms with van der Waals surface area (Å²) in [6.07, 6.45) is 1.08. The van der Waals surface area contributed by atoms with Gasteiger partial charge in [-0.25, -0.2) is 10.2 Å². The molecule has 0 heterocycles. The molecule has 134 valence electrons. The van der Waals surface area contributed by atoms with E-state index in [1.165, 1.54) is 0 Å². The summed E-state index contributed by atoms with van der Waals surface area (Å²) < 4.78 is 4.94. The molecule has 6 heteroatoms. The Balaban J connectivity index is 2.21. The Bertz CT molecular complexity index is 825. The van der Waals surface area contributed by atoms with Gasteiger partial charge in [0.2, 0.25) is 0 Å². The summed E-state index contributed by atoms with van der Waals surface area (Å²) >= 11 is 0. The predicted molar refractivity (Wildman–Crippen MR) is 99.8 cm³/mol. The third kappa shape index (κ3) is 5.04. The summed E-state index contributed by atoms with van der Waals surface area (Å²) in [7, 11) is 0. The highest BCUT2D eigenvalue weighted by atomic mass is 16.5. The molecule has 26 heavy (non-hydrogen) atoms. The Kier molecular flexibility index (Phi) is 6.68. The SMILES string of the molecule is CCOC(=O)C(C=NNC(=O)c1ccc(C)cc1)=C(O)c1ccccc1. The van der Waals surface area contributed by atoms with E-state index in [1.807, 2.05) is 19.1 Å². The van der Waals surface area contributed by atoms with Gasteiger partial charge in [-0.1, -0.05) is 48.0 Å². The minimum Gasteiger partial charge on any atom is -0.506 e. The fourth-order valence-corrected chi connectivity index (χ4v) is 2.10. The Morgan fingerprint density at radius 3 is 2.35 bits per heavy atom. The van der Waals surface area contributed by atoms with E-state index in [9.17, 15) is 14.7 Å². The highest BCUT2D eigenvalue weighted by molar-refractivity contribution is 6.15. The standard InChI is InChI=1S/C20H20N2O4/c1-3-26-20(25)17(18(23)15-7-5-4-6-8-15)13-21-22-19(24)16-11-9-14(2)10-12-16/h4-13,23H,3H2,1-2H3,(H,22,24). The van der Waals surface area contributed by atoms with E-state index in [-0.39, 0.29) is 17.9 Å². The number of ether oxygens (including phenoxy) is 1. The number of hydrogen-bond donors (Lipinski definition) is 2. The molecule has 0 spiro atoms. The summed E-state index contributed by atoms with van der Waals surface area (Å²) in [6, 6.07) is 15.5. The Morgan fingerprint density at radius 1 is 1.08 bits per heavy atom. The number of aliphatic hydroxyl groups excluding tert-OH is 1. The van der Waals surface area contributed by atoms with Crippen LogP contribution < -0.4 is 5.43 Å². The number of hydrogen-bond acceptors (Lipinski definition) is 5. The minimum atomic E-state index is -0.734. The lowest BCUT2D eigenvalue weighted by Crippen LogP contribution is -2.19. The van der Waals surface area contributed by atoms with Crippen LogP contribution in [-0.2, 0) is 9.53 Å². The number of nitrogens with zero attached hydrogens (tertiary/aromatic N) is 1. The van der Waals surface area contributed by atoms with Crippen LogP contribution >= 0.6 is 0 Å². The highest BCUT2D eigenvalue weighted by Crippen LogP contribution is 2.15. The molecule has 2 N–H and O–H groups in total. The summed E-state index contributed by atoms with van der Waals surface area (Å²) in [5.74, 6) is -1.44. The van der Waals surface area contributed by atoms with Gasteiger partial charge in [0.05, 0.1) is 12.8 Å². The normalized spacial score (nSPS) is 11.8. The zero-order chi connectivity index (χ0) is 18.9. The molecule has 0 aromatic heterocycles. The third-order valence-electron chi connectivity index (χ3n) is 3.47. The fourth-order valence-electron chi connectivity index (χ4n) is 2.10. The second kappa shape index (κ2) is 9.17. The van der Waals surface area contributed by atoms with E-state index in [2.05, 4.69) is 10.5 Å². The zero-order valence-corrected chi connectivity index (χ0v) is 14.6. The van der Waals surface area contributed by atoms with Gasteiger partial charge < -0.3 is 9.84 Å². The van der Waals surface area contributed by atoms with Crippen LogP contribution in [0.5, 0.6) is 0 Å². The maximum Gasteiger partial charge on any atom is 0.343 e. The number of nitrogens with one attached hydrogen (secondary N) is 1. The molecule has 0 unspecified atom stereocenters. The van der Waals surface area contributed by atoms with Crippen molar-refractivity contribution >= 4 is 23.9 Å². The van der Waals surface area contributed by atoms with Crippen LogP contribution in [0.2, 0.25) is 0 Å². The lowest BCUT2D eigenvalue weighted by atomic mass is 10.1. The Hall–Kier alpha value is -3.41. The van der Waals surface area contributed by atoms with Gasteiger partial charge >= 0.3 is 5.97 Å². The van der Waals surface area contributed by atoms with Gasteiger partial charge in [-0.3, -0.25) is 4.79 Å². The maximum absolute atomic E-state index is 12.1. The third-order valence-corrected chi connectivity index (χ3v) is 3.47. The van der Waals surface area contributed by atoms with Crippen LogP contribution in [0.25, 0.3) is 5.76 Å². The Labute approximate surface area is 151 Å². The van der Waals surface area contributed by atoms with Crippen molar-refractivity contribution in [3.05, 3.63) is 76.9 Å². The van der Waals surface area contributed by atoms with E-state index in [4.69, 9.17) is 4.74 Å². The van der Waals surface area contributed by atoms with Crippen molar-refractivity contribution < 1.29 is 19.4 Å². The number of amides is 1. The topological polar surface area (TPSA) is 88.0 Å². The number of rotatable bonds is 6. The van der Waals surface area contributed by atoms with Crippen molar-refractivity contribution in [1.82, 2.24) is 5.43 Å². The first-order valence-corrected chi connectivity index (χ1v) is 8.08. The molecule has 0 bridgehead atoms. The molecule has 2 aromatic carbocycles. The molecule has 0 aliphatic carbocycles. The highest BCUT2D eigenvalue weighted by Gasteiger charge is 2.16. The van der Waals surface area contributed by atoms with Crippen molar-refractivity contribution in [2.45, 2.75) is 13.8 Å². The largest absolute Gasteiger partial charge is 0.506 e. The first-order chi connectivity index (χ1) is 12.5. The van der Waals surface area contributed by atoms with E-state index in [0.717, 1.165) is 11.8 Å². The summed E-state index contributed by atoms with van der Waals surface area (Å²) in [4.78, 5) is 24.2. The summed E-state index contributed by atoms with van der Waals surface area (Å²) in [6.45, 7) is 3.72. The number of aryl methyl sites for hydroxylation is 1. The van der Waals surface area contributed by atoms with E-state index < -0.39 is 11.9 Å². The lowest BCUT2D eigenvalue weighted by molar-refractivity contribution is -0.137. The molecule has 0 aliphatic rings. The summed E-state index contributed by atoms with van der Waals surface area (Å²) in [5, 5.41) is 14.1. The number of hydrazone groups is 1. The smallest absolute Gasteiger partial charge is 0.343 e. The molecule has 0 aliphatic heterocycles. The van der Waals surface area contributed by atoms with Gasteiger partial charge in [-0.2, -0.15) is 5.10 Å². The number of carbonyl (C=O) groups is 2. The molecule has 0 atom stereocenters. The molecule has 6 nitrogen and oxygen atoms in total. The molecule has 0 fully saturated rings. The van der Waals surface area contributed by atoms with Crippen LogP contribution in [0, 0.1) is 6.92 Å². The van der Waals surface area contributed by atoms with Crippen LogP contribution in [0.4, 0.5) is 0 Å². The monoisotopic (exact) mass is 352 g/mol. The quantitative estimate of drug-likeness (QED) is 0.275. The number of esters is 1. The number of carbonyl (C=O) groups excluding carboxylic acids is 2. The van der Waals surface area contributed by atoms with Crippen molar-refractivity contribution in [3.63, 3.8) is 0 Å². The van der Waals surface area contributed by atoms with Crippen molar-refractivity contribution in [1.29, 1.82) is 0 Å². The van der Waals surface area contributed by atoms with Gasteiger partial charge in [0.25, 0.3) is 5.91 Å². The van der Waals surface area contributed by atoms with Gasteiger partial charge in [-0.05, 0) is 26.0 Å². The first-order valence-electron chi connectivity index (χ1n) is 8.08. The molecule has 0 radical (unpaired) electrons. The number of aliphatic hydroxyl groups is 1. The predicted octanol–water partition coefficient (Wildman–Crippen LogP) is 3.24. The van der Waals surface area contributed by atoms with E-state index in [0.29, 0.717) is 11.1 Å². The second-order valence-corrected chi connectivity index (χ2v) is 5.41. The van der Waals surface area contributed by atoms with Gasteiger partial charge in [0.15, 0.2) is 0 Å². The first kappa shape index (κ1) is 18.9. The molecule has 2 aromatic rings. The van der Waals surface area contributed by atoms with E-state index in [1.54, 1.807) is 49.4 Å². The average Bonchev–Trinajstić information content (AvgIpc) is 2.66. The van der Waals surface area contributed by atoms with Gasteiger partial charge in [0, 0.05) is 11.1 Å². The fraction of sp³-hybridized carbons (Fsp3) is 0.150. The molecule has 2 rings (SSSR count). The van der Waals surface area contributed by atoms with Crippen LogP contribution in [0.15, 0.2) is 65.3 Å². The van der Waals surface area contributed by atoms with Gasteiger partial charge in [-0.15, -0.1) is 0 Å². The molecular weight excluding hydrogens is 332 g/mol. The average molecular weight is 352 g/mol. The van der Waals surface area contributed by atoms with Crippen LogP contribution in [0.3, 0.4) is 0 Å². The molecule has 0 saturated carbocycles.